The van der Waals surface area contributed by atoms with Crippen LogP contribution < -0.4 is 11.3 Å². The first-order valence-corrected chi connectivity index (χ1v) is 8.60. The number of hydrogen-bond donors (Lipinski definition) is 2. The van der Waals surface area contributed by atoms with Crippen LogP contribution in [0.15, 0.2) is 56.9 Å². The standard InChI is InChI=1S/C17H13F3N2O3S/c18-13(14(23)10-5-3-7-25-10)15(16(19)20)26-11-6-2-1-4-9(11)8-12(26)17(24)22-21/h1-8,13,16H,21H2,(H,22,24). The molecule has 2 heterocycles. The van der Waals surface area contributed by atoms with E-state index in [4.69, 9.17) is 10.3 Å². The van der Waals surface area contributed by atoms with E-state index in [1.807, 2.05) is 5.43 Å². The summed E-state index contributed by atoms with van der Waals surface area (Å²) in [4.78, 5) is 23.5. The molecular formula is C17H13F3N2O3S. The zero-order valence-electron chi connectivity index (χ0n) is 13.1. The molecule has 1 amide bonds. The van der Waals surface area contributed by atoms with E-state index < -0.39 is 39.6 Å². The number of hydrazine groups is 1. The van der Waals surface area contributed by atoms with Gasteiger partial charge in [-0.2, -0.15) is 0 Å². The molecule has 2 unspecified atom stereocenters. The van der Waals surface area contributed by atoms with Crippen molar-refractivity contribution < 1.29 is 27.2 Å². The zero-order valence-corrected chi connectivity index (χ0v) is 13.9. The molecule has 0 aliphatic carbocycles. The van der Waals surface area contributed by atoms with Gasteiger partial charge < -0.3 is 4.42 Å². The second-order valence-corrected chi connectivity index (χ2v) is 7.20. The Hall–Kier alpha value is -2.65. The highest BCUT2D eigenvalue weighted by Gasteiger charge is 2.37. The molecular weight excluding hydrogens is 369 g/mol. The fourth-order valence-electron chi connectivity index (χ4n) is 2.56. The van der Waals surface area contributed by atoms with Crippen LogP contribution in [-0.2, 0) is 4.79 Å². The number of nitrogens with two attached hydrogens (primary N) is 1. The van der Waals surface area contributed by atoms with Crippen LogP contribution in [0.5, 0.6) is 0 Å². The fraction of sp³-hybridized carbons (Fsp3) is 0.118. The predicted molar refractivity (Wildman–Crippen MR) is 91.6 cm³/mol. The van der Waals surface area contributed by atoms with Crippen molar-refractivity contribution >= 4 is 33.1 Å². The number of nitrogens with one attached hydrogen (secondary N) is 1. The van der Waals surface area contributed by atoms with Crippen LogP contribution in [-0.4, -0.2) is 29.2 Å². The number of furan rings is 1. The third-order valence-corrected chi connectivity index (χ3v) is 6.11. The molecule has 0 spiro atoms. The van der Waals surface area contributed by atoms with Gasteiger partial charge in [0.2, 0.25) is 5.78 Å². The number of alkyl halides is 3. The Morgan fingerprint density at radius 3 is 2.46 bits per heavy atom. The molecule has 1 aliphatic rings. The lowest BCUT2D eigenvalue weighted by Crippen LogP contribution is -2.34. The van der Waals surface area contributed by atoms with Gasteiger partial charge in [-0.1, -0.05) is 18.2 Å². The van der Waals surface area contributed by atoms with Gasteiger partial charge in [-0.25, -0.2) is 19.0 Å². The molecule has 2 aromatic rings. The summed E-state index contributed by atoms with van der Waals surface area (Å²) in [5.41, 5.74) is 2.37. The molecule has 0 saturated heterocycles. The number of benzene rings is 1. The van der Waals surface area contributed by atoms with Crippen LogP contribution >= 0.6 is 10.5 Å². The SMILES string of the molecule is NNC(=O)C1=Cc2ccccc2S1=C(C(F)F)C(F)C(=O)c1ccco1. The highest BCUT2D eigenvalue weighted by molar-refractivity contribution is 8.20. The van der Waals surface area contributed by atoms with Crippen LogP contribution in [0.4, 0.5) is 13.2 Å². The lowest BCUT2D eigenvalue weighted by atomic mass is 10.1. The molecule has 9 heteroatoms. The molecule has 0 bridgehead atoms. The highest BCUT2D eigenvalue weighted by atomic mass is 32.2. The van der Waals surface area contributed by atoms with Gasteiger partial charge in [0.1, 0.15) is 0 Å². The summed E-state index contributed by atoms with van der Waals surface area (Å²) in [7, 11) is -1.75. The predicted octanol–water partition coefficient (Wildman–Crippen LogP) is 2.91. The molecule has 2 atom stereocenters. The third kappa shape index (κ3) is 3.11. The summed E-state index contributed by atoms with van der Waals surface area (Å²) in [5, 5.41) is 0. The van der Waals surface area contributed by atoms with Gasteiger partial charge in [-0.05, 0) is 29.8 Å². The first-order valence-electron chi connectivity index (χ1n) is 7.38. The highest BCUT2D eigenvalue weighted by Crippen LogP contribution is 2.47. The van der Waals surface area contributed by atoms with E-state index in [2.05, 4.69) is 0 Å². The average Bonchev–Trinajstić information content (AvgIpc) is 3.29. The Labute approximate surface area is 148 Å². The largest absolute Gasteiger partial charge is 0.461 e. The van der Waals surface area contributed by atoms with Crippen molar-refractivity contribution in [2.45, 2.75) is 17.5 Å². The van der Waals surface area contributed by atoms with Crippen molar-refractivity contribution in [1.29, 1.82) is 0 Å². The molecule has 3 N–H and O–H groups in total. The molecule has 1 aromatic carbocycles. The average molecular weight is 382 g/mol. The van der Waals surface area contributed by atoms with Crippen LogP contribution in [0, 0.1) is 0 Å². The van der Waals surface area contributed by atoms with Crippen LogP contribution in [0.2, 0.25) is 0 Å². The van der Waals surface area contributed by atoms with E-state index >= 15 is 0 Å². The molecule has 1 aromatic heterocycles. The Morgan fingerprint density at radius 1 is 1.12 bits per heavy atom. The first-order chi connectivity index (χ1) is 12.5. The van der Waals surface area contributed by atoms with Crippen molar-refractivity contribution in [1.82, 2.24) is 5.43 Å². The molecule has 1 aliphatic heterocycles. The van der Waals surface area contributed by atoms with E-state index in [0.717, 1.165) is 6.26 Å². The maximum atomic E-state index is 14.9. The molecule has 0 radical (unpaired) electrons. The summed E-state index contributed by atoms with van der Waals surface area (Å²) in [6.07, 6.45) is -3.40. The first kappa shape index (κ1) is 18.2. The summed E-state index contributed by atoms with van der Waals surface area (Å²) in [6, 6.07) is 8.90. The third-order valence-electron chi connectivity index (χ3n) is 3.70. The Kier molecular flexibility index (Phi) is 5.10. The smallest absolute Gasteiger partial charge is 0.271 e. The minimum atomic E-state index is -3.27. The Balaban J connectivity index is 2.20. The minimum Gasteiger partial charge on any atom is -0.461 e. The molecule has 0 fully saturated rings. The molecule has 0 saturated carbocycles. The van der Waals surface area contributed by atoms with E-state index in [0.29, 0.717) is 10.5 Å². The van der Waals surface area contributed by atoms with Gasteiger partial charge in [0, 0.05) is 4.90 Å². The number of Topliss-reactive ketones (excluding diaryl/α,β-unsaturated/α-hetero) is 1. The van der Waals surface area contributed by atoms with Gasteiger partial charge in [-0.3, -0.25) is 15.0 Å². The Bertz CT molecular complexity index is 923. The van der Waals surface area contributed by atoms with Gasteiger partial charge in [0.15, 0.2) is 11.9 Å². The van der Waals surface area contributed by atoms with Crippen LogP contribution in [0.1, 0.15) is 16.1 Å². The Morgan fingerprint density at radius 2 is 1.85 bits per heavy atom. The lowest BCUT2D eigenvalue weighted by Gasteiger charge is -2.17. The molecule has 3 rings (SSSR count). The van der Waals surface area contributed by atoms with Crippen molar-refractivity contribution in [2.24, 2.45) is 5.84 Å². The summed E-state index contributed by atoms with van der Waals surface area (Å²) < 4.78 is 47.3. The number of hydrogen-bond acceptors (Lipinski definition) is 4. The number of carbonyl (C=O) groups is 2. The van der Waals surface area contributed by atoms with Gasteiger partial charge in [-0.15, -0.1) is 10.5 Å². The van der Waals surface area contributed by atoms with E-state index in [-0.39, 0.29) is 10.7 Å². The molecule has 5 nitrogen and oxygen atoms in total. The maximum Gasteiger partial charge on any atom is 0.271 e. The van der Waals surface area contributed by atoms with Crippen molar-refractivity contribution in [3.8, 4) is 0 Å². The van der Waals surface area contributed by atoms with Crippen molar-refractivity contribution in [2.75, 3.05) is 0 Å². The van der Waals surface area contributed by atoms with E-state index in [1.54, 1.807) is 18.2 Å². The molecule has 136 valence electrons. The van der Waals surface area contributed by atoms with Crippen molar-refractivity contribution in [3.05, 3.63) is 58.9 Å². The van der Waals surface area contributed by atoms with Crippen LogP contribution in [0.25, 0.3) is 6.08 Å². The monoisotopic (exact) mass is 382 g/mol. The number of carbonyl (C=O) groups excluding carboxylic acids is 2. The van der Waals surface area contributed by atoms with Crippen molar-refractivity contribution in [3.63, 3.8) is 0 Å². The normalized spacial score (nSPS) is 17.5. The quantitative estimate of drug-likeness (QED) is 0.274. The van der Waals surface area contributed by atoms with Gasteiger partial charge >= 0.3 is 0 Å². The number of rotatable bonds is 5. The number of amides is 1. The summed E-state index contributed by atoms with van der Waals surface area (Å²) >= 11 is 0. The second-order valence-electron chi connectivity index (χ2n) is 5.23. The molecule has 26 heavy (non-hydrogen) atoms. The van der Waals surface area contributed by atoms with Crippen LogP contribution in [0.3, 0.4) is 0 Å². The van der Waals surface area contributed by atoms with Gasteiger partial charge in [0.25, 0.3) is 12.3 Å². The van der Waals surface area contributed by atoms with E-state index in [1.165, 1.54) is 24.3 Å². The lowest BCUT2D eigenvalue weighted by molar-refractivity contribution is -0.116. The fourth-order valence-corrected chi connectivity index (χ4v) is 4.87. The minimum absolute atomic E-state index is 0.126. The topological polar surface area (TPSA) is 85.3 Å². The van der Waals surface area contributed by atoms with E-state index in [9.17, 15) is 22.8 Å². The number of halogens is 3. The van der Waals surface area contributed by atoms with Gasteiger partial charge in [0.05, 0.1) is 16.0 Å². The zero-order chi connectivity index (χ0) is 18.8. The summed E-state index contributed by atoms with van der Waals surface area (Å²) in [5.74, 6) is 2.71. The second kappa shape index (κ2) is 7.30. The number of fused-ring (bicyclic) bond motifs is 1. The number of ketones is 1. The maximum absolute atomic E-state index is 14.9. The summed E-state index contributed by atoms with van der Waals surface area (Å²) in [6.45, 7) is 0.